The van der Waals surface area contributed by atoms with Crippen LogP contribution in [-0.4, -0.2) is 33.3 Å². The van der Waals surface area contributed by atoms with Gasteiger partial charge in [0.15, 0.2) is 0 Å². The molecule has 0 radical (unpaired) electrons. The molecule has 2 rings (SSSR count). The molecule has 1 saturated heterocycles. The molecule has 0 saturated carbocycles. The molecule has 1 fully saturated rings. The van der Waals surface area contributed by atoms with E-state index in [2.05, 4.69) is 4.98 Å². The van der Waals surface area contributed by atoms with Gasteiger partial charge in [0.25, 0.3) is 5.92 Å². The van der Waals surface area contributed by atoms with Gasteiger partial charge in [0.1, 0.15) is 18.1 Å². The van der Waals surface area contributed by atoms with E-state index >= 15 is 0 Å². The summed E-state index contributed by atoms with van der Waals surface area (Å²) in [6.45, 7) is -0.805. The summed E-state index contributed by atoms with van der Waals surface area (Å²) in [6.07, 6.45) is -2.17. The van der Waals surface area contributed by atoms with Crippen molar-refractivity contribution in [3.05, 3.63) is 22.7 Å². The molecule has 0 aliphatic carbocycles. The number of halogens is 2. The summed E-state index contributed by atoms with van der Waals surface area (Å²) in [7, 11) is 0. The molecule has 1 aromatic rings. The molecule has 2 heterocycles. The highest BCUT2D eigenvalue weighted by Crippen LogP contribution is 2.39. The molecular formula is C9H11F2N3O3. The van der Waals surface area contributed by atoms with Crippen LogP contribution in [0.15, 0.2) is 17.1 Å². The Morgan fingerprint density at radius 1 is 1.71 bits per heavy atom. The SMILES string of the molecule is Nc1ccn([C@H]2CC(F)(F)[C@H](CO)O2)c(=O)n1. The van der Waals surface area contributed by atoms with Crippen molar-refractivity contribution < 1.29 is 18.6 Å². The van der Waals surface area contributed by atoms with Crippen molar-refractivity contribution in [2.24, 2.45) is 0 Å². The molecule has 0 bridgehead atoms. The highest BCUT2D eigenvalue weighted by atomic mass is 19.3. The highest BCUT2D eigenvalue weighted by molar-refractivity contribution is 5.23. The molecule has 0 aromatic carbocycles. The van der Waals surface area contributed by atoms with E-state index in [0.717, 1.165) is 4.57 Å². The summed E-state index contributed by atoms with van der Waals surface area (Å²) in [5.74, 6) is -3.16. The van der Waals surface area contributed by atoms with Gasteiger partial charge in [-0.1, -0.05) is 0 Å². The van der Waals surface area contributed by atoms with Crippen LogP contribution in [0.4, 0.5) is 14.6 Å². The quantitative estimate of drug-likeness (QED) is 0.751. The molecule has 0 amide bonds. The van der Waals surface area contributed by atoms with E-state index < -0.39 is 37.0 Å². The molecule has 0 unspecified atom stereocenters. The van der Waals surface area contributed by atoms with Crippen LogP contribution in [0.25, 0.3) is 0 Å². The van der Waals surface area contributed by atoms with Gasteiger partial charge in [-0.15, -0.1) is 0 Å². The van der Waals surface area contributed by atoms with Crippen LogP contribution in [0.2, 0.25) is 0 Å². The average Bonchev–Trinajstić information content (AvgIpc) is 2.53. The lowest BCUT2D eigenvalue weighted by atomic mass is 10.2. The van der Waals surface area contributed by atoms with Gasteiger partial charge in [0.2, 0.25) is 0 Å². The maximum atomic E-state index is 13.3. The van der Waals surface area contributed by atoms with E-state index in [4.69, 9.17) is 15.6 Å². The number of anilines is 1. The van der Waals surface area contributed by atoms with E-state index in [1.165, 1.54) is 12.3 Å². The first kappa shape index (κ1) is 11.9. The van der Waals surface area contributed by atoms with E-state index in [1.54, 1.807) is 0 Å². The molecule has 8 heteroatoms. The van der Waals surface area contributed by atoms with Crippen molar-refractivity contribution in [3.63, 3.8) is 0 Å². The Hall–Kier alpha value is -1.54. The van der Waals surface area contributed by atoms with Crippen molar-refractivity contribution in [1.82, 2.24) is 9.55 Å². The Labute approximate surface area is 94.6 Å². The summed E-state index contributed by atoms with van der Waals surface area (Å²) in [4.78, 5) is 14.8. The lowest BCUT2D eigenvalue weighted by molar-refractivity contribution is -0.102. The summed E-state index contributed by atoms with van der Waals surface area (Å²) >= 11 is 0. The minimum Gasteiger partial charge on any atom is -0.393 e. The summed E-state index contributed by atoms with van der Waals surface area (Å²) < 4.78 is 32.5. The molecular weight excluding hydrogens is 236 g/mol. The van der Waals surface area contributed by atoms with Crippen LogP contribution in [0, 0.1) is 0 Å². The zero-order valence-corrected chi connectivity index (χ0v) is 8.72. The molecule has 1 aliphatic rings. The Morgan fingerprint density at radius 2 is 2.41 bits per heavy atom. The van der Waals surface area contributed by atoms with Gasteiger partial charge in [-0.05, 0) is 6.07 Å². The number of hydrogen-bond donors (Lipinski definition) is 2. The summed E-state index contributed by atoms with van der Waals surface area (Å²) in [6, 6.07) is 1.31. The number of aromatic nitrogens is 2. The van der Waals surface area contributed by atoms with Crippen LogP contribution in [0.5, 0.6) is 0 Å². The number of alkyl halides is 2. The van der Waals surface area contributed by atoms with E-state index in [9.17, 15) is 13.6 Å². The smallest absolute Gasteiger partial charge is 0.351 e. The van der Waals surface area contributed by atoms with Crippen LogP contribution < -0.4 is 11.4 Å². The van der Waals surface area contributed by atoms with Crippen molar-refractivity contribution >= 4 is 5.82 Å². The van der Waals surface area contributed by atoms with Gasteiger partial charge in [0.05, 0.1) is 13.0 Å². The second kappa shape index (κ2) is 4.04. The predicted molar refractivity (Wildman–Crippen MR) is 53.5 cm³/mol. The molecule has 17 heavy (non-hydrogen) atoms. The van der Waals surface area contributed by atoms with Gasteiger partial charge in [-0.2, -0.15) is 4.98 Å². The number of hydrogen-bond acceptors (Lipinski definition) is 5. The zero-order valence-electron chi connectivity index (χ0n) is 8.72. The van der Waals surface area contributed by atoms with E-state index in [0.29, 0.717) is 0 Å². The number of rotatable bonds is 2. The Balaban J connectivity index is 2.29. The maximum Gasteiger partial charge on any atom is 0.351 e. The molecule has 3 N–H and O–H groups in total. The first-order valence-electron chi connectivity index (χ1n) is 4.93. The molecule has 1 aromatic heterocycles. The lowest BCUT2D eigenvalue weighted by Crippen LogP contribution is -2.31. The summed E-state index contributed by atoms with van der Waals surface area (Å²) in [5.41, 5.74) is 4.52. The third kappa shape index (κ3) is 2.13. The maximum absolute atomic E-state index is 13.3. The van der Waals surface area contributed by atoms with Crippen LogP contribution in [-0.2, 0) is 4.74 Å². The Morgan fingerprint density at radius 3 is 2.94 bits per heavy atom. The molecule has 0 spiro atoms. The fourth-order valence-electron chi connectivity index (χ4n) is 1.69. The summed E-state index contributed by atoms with van der Waals surface area (Å²) in [5, 5.41) is 8.75. The average molecular weight is 247 g/mol. The van der Waals surface area contributed by atoms with Crippen LogP contribution in [0.1, 0.15) is 12.6 Å². The van der Waals surface area contributed by atoms with Crippen molar-refractivity contribution in [3.8, 4) is 0 Å². The van der Waals surface area contributed by atoms with Gasteiger partial charge in [-0.3, -0.25) is 4.57 Å². The number of nitrogens with two attached hydrogens (primary N) is 1. The van der Waals surface area contributed by atoms with Gasteiger partial charge >= 0.3 is 5.69 Å². The lowest BCUT2D eigenvalue weighted by Gasteiger charge is -2.14. The fourth-order valence-corrected chi connectivity index (χ4v) is 1.69. The minimum absolute atomic E-state index is 0.00900. The van der Waals surface area contributed by atoms with Crippen LogP contribution in [0.3, 0.4) is 0 Å². The van der Waals surface area contributed by atoms with Gasteiger partial charge in [0, 0.05) is 6.20 Å². The topological polar surface area (TPSA) is 90.4 Å². The van der Waals surface area contributed by atoms with Gasteiger partial charge in [-0.25, -0.2) is 13.6 Å². The molecule has 94 valence electrons. The van der Waals surface area contributed by atoms with E-state index in [-0.39, 0.29) is 5.82 Å². The van der Waals surface area contributed by atoms with Crippen molar-refractivity contribution in [2.45, 2.75) is 24.7 Å². The first-order chi connectivity index (χ1) is 7.94. The minimum atomic E-state index is -3.17. The normalized spacial score (nSPS) is 27.2. The molecule has 6 nitrogen and oxygen atoms in total. The first-order valence-corrected chi connectivity index (χ1v) is 4.93. The fraction of sp³-hybridized carbons (Fsp3) is 0.556. The number of nitrogens with zero attached hydrogens (tertiary/aromatic N) is 2. The van der Waals surface area contributed by atoms with Crippen molar-refractivity contribution in [2.75, 3.05) is 12.3 Å². The van der Waals surface area contributed by atoms with E-state index in [1.807, 2.05) is 0 Å². The number of nitrogen functional groups attached to an aromatic ring is 1. The standard InChI is InChI=1S/C9H11F2N3O3/c10-9(11)3-7(17-5(9)4-15)14-2-1-6(12)13-8(14)16/h1-2,5,7,15H,3-4H2,(H2,12,13,16)/t5-,7+/m0/s1. The Bertz CT molecular complexity index is 477. The highest BCUT2D eigenvalue weighted by Gasteiger charge is 2.50. The second-order valence-corrected chi connectivity index (χ2v) is 3.77. The van der Waals surface area contributed by atoms with Crippen LogP contribution >= 0.6 is 0 Å². The van der Waals surface area contributed by atoms with Crippen molar-refractivity contribution in [1.29, 1.82) is 0 Å². The third-order valence-electron chi connectivity index (χ3n) is 2.57. The predicted octanol–water partition coefficient (Wildman–Crippen LogP) is -0.259. The monoisotopic (exact) mass is 247 g/mol. The third-order valence-corrected chi connectivity index (χ3v) is 2.57. The Kier molecular flexibility index (Phi) is 2.84. The van der Waals surface area contributed by atoms with Gasteiger partial charge < -0.3 is 15.6 Å². The number of ether oxygens (including phenoxy) is 1. The molecule has 2 atom stereocenters. The molecule has 1 aliphatic heterocycles. The zero-order chi connectivity index (χ0) is 12.6. The largest absolute Gasteiger partial charge is 0.393 e. The number of aliphatic hydroxyl groups excluding tert-OH is 1. The number of aliphatic hydroxyl groups is 1. The second-order valence-electron chi connectivity index (χ2n) is 3.77.